The number of rotatable bonds is 3. The third-order valence-corrected chi connectivity index (χ3v) is 5.09. The molecule has 0 saturated carbocycles. The Labute approximate surface area is 144 Å². The Kier molecular flexibility index (Phi) is 5.51. The molecule has 2 saturated heterocycles. The van der Waals surface area contributed by atoms with Crippen LogP contribution in [0.25, 0.3) is 0 Å². The molecule has 0 spiro atoms. The zero-order chi connectivity index (χ0) is 16.9. The van der Waals surface area contributed by atoms with E-state index in [9.17, 15) is 9.59 Å². The lowest BCUT2D eigenvalue weighted by atomic mass is 10.2. The van der Waals surface area contributed by atoms with Crippen molar-refractivity contribution in [1.29, 1.82) is 0 Å². The molecule has 0 radical (unpaired) electrons. The van der Waals surface area contributed by atoms with Crippen molar-refractivity contribution in [2.75, 3.05) is 32.7 Å². The Morgan fingerprint density at radius 1 is 1.00 bits per heavy atom. The third-order valence-electron chi connectivity index (χ3n) is 5.09. The Morgan fingerprint density at radius 2 is 1.79 bits per heavy atom. The molecule has 3 rings (SSSR count). The van der Waals surface area contributed by atoms with Crippen molar-refractivity contribution in [3.8, 4) is 0 Å². The van der Waals surface area contributed by atoms with Gasteiger partial charge in [0.2, 0.25) is 11.8 Å². The van der Waals surface area contributed by atoms with Gasteiger partial charge in [-0.05, 0) is 24.8 Å². The normalized spacial score (nSPS) is 22.5. The van der Waals surface area contributed by atoms with E-state index in [0.717, 1.165) is 58.5 Å². The number of likely N-dealkylation sites (tertiary alicyclic amines) is 1. The van der Waals surface area contributed by atoms with Crippen LogP contribution in [0.15, 0.2) is 30.3 Å². The van der Waals surface area contributed by atoms with Crippen molar-refractivity contribution in [3.63, 3.8) is 0 Å². The molecule has 5 nitrogen and oxygen atoms in total. The number of carbonyl (C=O) groups excluding carboxylic acids is 2. The molecule has 2 heterocycles. The summed E-state index contributed by atoms with van der Waals surface area (Å²) >= 11 is 0. The minimum absolute atomic E-state index is 0.0198. The monoisotopic (exact) mass is 329 g/mol. The number of amides is 2. The highest BCUT2D eigenvalue weighted by molar-refractivity contribution is 5.87. The number of hydrogen-bond donors (Lipinski definition) is 0. The van der Waals surface area contributed by atoms with E-state index in [2.05, 4.69) is 29.2 Å². The van der Waals surface area contributed by atoms with Gasteiger partial charge in [-0.3, -0.25) is 14.5 Å². The average Bonchev–Trinajstić information content (AvgIpc) is 2.97. The van der Waals surface area contributed by atoms with Gasteiger partial charge in [0.25, 0.3) is 0 Å². The molecule has 0 bridgehead atoms. The van der Waals surface area contributed by atoms with Crippen LogP contribution in [0.5, 0.6) is 0 Å². The zero-order valence-corrected chi connectivity index (χ0v) is 14.5. The summed E-state index contributed by atoms with van der Waals surface area (Å²) in [5.41, 5.74) is 1.32. The van der Waals surface area contributed by atoms with Gasteiger partial charge in [-0.15, -0.1) is 0 Å². The van der Waals surface area contributed by atoms with E-state index in [0.29, 0.717) is 0 Å². The topological polar surface area (TPSA) is 43.9 Å². The minimum Gasteiger partial charge on any atom is -0.340 e. The van der Waals surface area contributed by atoms with Crippen LogP contribution in [0.3, 0.4) is 0 Å². The van der Waals surface area contributed by atoms with E-state index in [1.807, 2.05) is 11.0 Å². The van der Waals surface area contributed by atoms with Gasteiger partial charge in [0.05, 0.1) is 0 Å². The Bertz CT molecular complexity index is 575. The highest BCUT2D eigenvalue weighted by Crippen LogP contribution is 2.20. The lowest BCUT2D eigenvalue weighted by molar-refractivity contribution is -0.142. The fraction of sp³-hybridized carbons (Fsp3) is 0.579. The zero-order valence-electron chi connectivity index (χ0n) is 14.5. The van der Waals surface area contributed by atoms with Gasteiger partial charge in [0.15, 0.2) is 0 Å². The summed E-state index contributed by atoms with van der Waals surface area (Å²) in [4.78, 5) is 30.7. The van der Waals surface area contributed by atoms with E-state index >= 15 is 0 Å². The van der Waals surface area contributed by atoms with Crippen molar-refractivity contribution in [2.24, 2.45) is 0 Å². The third kappa shape index (κ3) is 3.96. The molecule has 0 unspecified atom stereocenters. The number of carbonyl (C=O) groups is 2. The molecule has 5 heteroatoms. The first-order valence-electron chi connectivity index (χ1n) is 8.97. The van der Waals surface area contributed by atoms with E-state index in [1.165, 1.54) is 5.56 Å². The summed E-state index contributed by atoms with van der Waals surface area (Å²) in [7, 11) is 0. The Morgan fingerprint density at radius 3 is 2.54 bits per heavy atom. The summed E-state index contributed by atoms with van der Waals surface area (Å²) in [6.45, 7) is 6.69. The first-order chi connectivity index (χ1) is 11.6. The van der Waals surface area contributed by atoms with Crippen molar-refractivity contribution >= 4 is 11.8 Å². The summed E-state index contributed by atoms with van der Waals surface area (Å²) in [6.07, 6.45) is 2.73. The van der Waals surface area contributed by atoms with Crippen LogP contribution >= 0.6 is 0 Å². The van der Waals surface area contributed by atoms with Crippen molar-refractivity contribution in [1.82, 2.24) is 14.7 Å². The molecule has 2 aliphatic heterocycles. The van der Waals surface area contributed by atoms with Crippen LogP contribution in [0.1, 0.15) is 31.7 Å². The summed E-state index contributed by atoms with van der Waals surface area (Å²) in [5.74, 6) is 0.163. The maximum atomic E-state index is 12.8. The standard InChI is InChI=1S/C19H27N3O2/c1-16(23)22-12-5-9-18(22)19(24)21-11-6-10-20(13-14-21)15-17-7-3-2-4-8-17/h2-4,7-8,18H,5-6,9-15H2,1H3/t18-/m1/s1. The van der Waals surface area contributed by atoms with Crippen LogP contribution in [0.2, 0.25) is 0 Å². The van der Waals surface area contributed by atoms with Crippen LogP contribution in [-0.2, 0) is 16.1 Å². The second-order valence-corrected chi connectivity index (χ2v) is 6.81. The predicted octanol–water partition coefficient (Wildman–Crippen LogP) is 1.73. The quantitative estimate of drug-likeness (QED) is 0.848. The van der Waals surface area contributed by atoms with Gasteiger partial charge < -0.3 is 9.80 Å². The number of benzene rings is 1. The largest absolute Gasteiger partial charge is 0.340 e. The van der Waals surface area contributed by atoms with Crippen molar-refractivity contribution < 1.29 is 9.59 Å². The van der Waals surface area contributed by atoms with Gasteiger partial charge in [0.1, 0.15) is 6.04 Å². The maximum absolute atomic E-state index is 12.8. The first-order valence-corrected chi connectivity index (χ1v) is 8.97. The smallest absolute Gasteiger partial charge is 0.245 e. The van der Waals surface area contributed by atoms with Gasteiger partial charge in [-0.1, -0.05) is 30.3 Å². The van der Waals surface area contributed by atoms with Crippen molar-refractivity contribution in [3.05, 3.63) is 35.9 Å². The Hall–Kier alpha value is -1.88. The Balaban J connectivity index is 1.57. The van der Waals surface area contributed by atoms with Gasteiger partial charge in [0, 0.05) is 46.2 Å². The van der Waals surface area contributed by atoms with Gasteiger partial charge >= 0.3 is 0 Å². The molecule has 1 aromatic carbocycles. The molecule has 24 heavy (non-hydrogen) atoms. The molecule has 130 valence electrons. The molecule has 0 N–H and O–H groups in total. The first kappa shape index (κ1) is 17.0. The summed E-state index contributed by atoms with van der Waals surface area (Å²) in [6, 6.07) is 10.2. The SMILES string of the molecule is CC(=O)N1CCC[C@@H]1C(=O)N1CCCN(Cc2ccccc2)CC1. The summed E-state index contributed by atoms with van der Waals surface area (Å²) < 4.78 is 0. The van der Waals surface area contributed by atoms with E-state index in [-0.39, 0.29) is 17.9 Å². The molecule has 2 amide bonds. The molecule has 1 atom stereocenters. The lowest BCUT2D eigenvalue weighted by Crippen LogP contribution is -2.48. The maximum Gasteiger partial charge on any atom is 0.245 e. The van der Waals surface area contributed by atoms with E-state index < -0.39 is 0 Å². The predicted molar refractivity (Wildman–Crippen MR) is 93.3 cm³/mol. The van der Waals surface area contributed by atoms with Crippen LogP contribution in [-0.4, -0.2) is 65.3 Å². The van der Waals surface area contributed by atoms with Gasteiger partial charge in [-0.2, -0.15) is 0 Å². The second-order valence-electron chi connectivity index (χ2n) is 6.81. The molecule has 0 aliphatic carbocycles. The molecule has 2 fully saturated rings. The minimum atomic E-state index is -0.233. The highest BCUT2D eigenvalue weighted by Gasteiger charge is 2.35. The van der Waals surface area contributed by atoms with E-state index in [1.54, 1.807) is 11.8 Å². The van der Waals surface area contributed by atoms with Crippen LogP contribution < -0.4 is 0 Å². The number of hydrogen-bond acceptors (Lipinski definition) is 3. The average molecular weight is 329 g/mol. The fourth-order valence-electron chi connectivity index (χ4n) is 3.80. The molecule has 1 aromatic rings. The molecular weight excluding hydrogens is 302 g/mol. The molecular formula is C19H27N3O2. The highest BCUT2D eigenvalue weighted by atomic mass is 16.2. The van der Waals surface area contributed by atoms with Crippen molar-refractivity contribution in [2.45, 2.75) is 38.8 Å². The van der Waals surface area contributed by atoms with Crippen LogP contribution in [0.4, 0.5) is 0 Å². The fourth-order valence-corrected chi connectivity index (χ4v) is 3.80. The second kappa shape index (κ2) is 7.79. The van der Waals surface area contributed by atoms with E-state index in [4.69, 9.17) is 0 Å². The number of nitrogens with zero attached hydrogens (tertiary/aromatic N) is 3. The van der Waals surface area contributed by atoms with Gasteiger partial charge in [-0.25, -0.2) is 0 Å². The van der Waals surface area contributed by atoms with Crippen LogP contribution in [0, 0.1) is 0 Å². The molecule has 2 aliphatic rings. The molecule has 0 aromatic heterocycles. The summed E-state index contributed by atoms with van der Waals surface area (Å²) in [5, 5.41) is 0. The lowest BCUT2D eigenvalue weighted by Gasteiger charge is -2.29.